The van der Waals surface area contributed by atoms with Gasteiger partial charge in [-0.1, -0.05) is 29.8 Å². The van der Waals surface area contributed by atoms with Crippen molar-refractivity contribution in [2.45, 2.75) is 0 Å². The normalized spacial score (nSPS) is 15.2. The van der Waals surface area contributed by atoms with Gasteiger partial charge in [0.1, 0.15) is 0 Å². The summed E-state index contributed by atoms with van der Waals surface area (Å²) in [6.45, 7) is 3.49. The summed E-state index contributed by atoms with van der Waals surface area (Å²) in [7, 11) is 0. The van der Waals surface area contributed by atoms with Gasteiger partial charge >= 0.3 is 0 Å². The van der Waals surface area contributed by atoms with E-state index in [1.807, 2.05) is 24.3 Å². The molecule has 114 valence electrons. The molecule has 2 aromatic carbocycles. The van der Waals surface area contributed by atoms with Crippen LogP contribution >= 0.6 is 11.6 Å². The Hall–Kier alpha value is -2.04. The van der Waals surface area contributed by atoms with Crippen LogP contribution in [0.2, 0.25) is 5.02 Å². The van der Waals surface area contributed by atoms with E-state index in [0.717, 1.165) is 37.6 Å². The lowest BCUT2D eigenvalue weighted by Crippen LogP contribution is -2.36. The average Bonchev–Trinajstić information content (AvgIpc) is 2.56. The molecule has 0 spiro atoms. The molecular formula is C17H18ClN3O. The minimum Gasteiger partial charge on any atom is -0.378 e. The van der Waals surface area contributed by atoms with Crippen LogP contribution in [-0.4, -0.2) is 32.5 Å². The van der Waals surface area contributed by atoms with Gasteiger partial charge in [-0.2, -0.15) is 5.10 Å². The van der Waals surface area contributed by atoms with Crippen molar-refractivity contribution in [2.75, 3.05) is 36.6 Å². The summed E-state index contributed by atoms with van der Waals surface area (Å²) in [4.78, 5) is 2.33. The zero-order valence-corrected chi connectivity index (χ0v) is 13.0. The zero-order valence-electron chi connectivity index (χ0n) is 12.2. The lowest BCUT2D eigenvalue weighted by atomic mass is 10.2. The van der Waals surface area contributed by atoms with Gasteiger partial charge in [0.15, 0.2) is 0 Å². The van der Waals surface area contributed by atoms with Gasteiger partial charge in [-0.25, -0.2) is 0 Å². The summed E-state index contributed by atoms with van der Waals surface area (Å²) >= 11 is 5.93. The quantitative estimate of drug-likeness (QED) is 0.691. The highest BCUT2D eigenvalue weighted by molar-refractivity contribution is 6.30. The Morgan fingerprint density at radius 2 is 1.86 bits per heavy atom. The maximum Gasteiger partial charge on any atom is 0.0642 e. The molecule has 2 aromatic rings. The highest BCUT2D eigenvalue weighted by Crippen LogP contribution is 2.17. The smallest absolute Gasteiger partial charge is 0.0642 e. The van der Waals surface area contributed by atoms with Crippen molar-refractivity contribution in [1.82, 2.24) is 0 Å². The molecule has 4 nitrogen and oxygen atoms in total. The molecule has 1 aliphatic heterocycles. The van der Waals surface area contributed by atoms with Gasteiger partial charge in [0.05, 0.1) is 25.1 Å². The molecule has 0 aliphatic carbocycles. The fourth-order valence-electron chi connectivity index (χ4n) is 2.33. The van der Waals surface area contributed by atoms with Crippen LogP contribution in [0.1, 0.15) is 5.56 Å². The van der Waals surface area contributed by atoms with Crippen molar-refractivity contribution >= 4 is 29.2 Å². The van der Waals surface area contributed by atoms with E-state index in [0.29, 0.717) is 5.02 Å². The van der Waals surface area contributed by atoms with E-state index in [-0.39, 0.29) is 0 Å². The minimum absolute atomic E-state index is 0.690. The molecule has 1 saturated heterocycles. The molecule has 0 unspecified atom stereocenters. The molecule has 0 radical (unpaired) electrons. The first kappa shape index (κ1) is 14.9. The van der Waals surface area contributed by atoms with Gasteiger partial charge in [-0.15, -0.1) is 0 Å². The van der Waals surface area contributed by atoms with Crippen molar-refractivity contribution in [3.05, 3.63) is 59.1 Å². The van der Waals surface area contributed by atoms with Gasteiger partial charge in [0.25, 0.3) is 0 Å². The molecule has 0 amide bonds. The van der Waals surface area contributed by atoms with Gasteiger partial charge in [-0.3, -0.25) is 5.43 Å². The van der Waals surface area contributed by atoms with E-state index in [1.165, 1.54) is 5.69 Å². The first-order valence-electron chi connectivity index (χ1n) is 7.29. The Morgan fingerprint density at radius 1 is 1.09 bits per heavy atom. The second-order valence-corrected chi connectivity index (χ2v) is 5.51. The molecule has 0 aromatic heterocycles. The first-order chi connectivity index (χ1) is 10.8. The number of nitrogens with one attached hydrogen (secondary N) is 1. The third-order valence-corrected chi connectivity index (χ3v) is 3.74. The number of hydrogen-bond donors (Lipinski definition) is 1. The molecule has 5 heteroatoms. The summed E-state index contributed by atoms with van der Waals surface area (Å²) in [5.41, 5.74) is 6.11. The number of nitrogens with zero attached hydrogens (tertiary/aromatic N) is 2. The molecule has 1 fully saturated rings. The Morgan fingerprint density at radius 3 is 2.59 bits per heavy atom. The number of anilines is 2. The Bertz CT molecular complexity index is 637. The van der Waals surface area contributed by atoms with Gasteiger partial charge < -0.3 is 9.64 Å². The minimum atomic E-state index is 0.690. The second-order valence-electron chi connectivity index (χ2n) is 5.07. The molecule has 0 bridgehead atoms. The molecule has 3 rings (SSSR count). The van der Waals surface area contributed by atoms with Gasteiger partial charge in [0, 0.05) is 23.8 Å². The van der Waals surface area contributed by atoms with E-state index in [9.17, 15) is 0 Å². The van der Waals surface area contributed by atoms with Crippen LogP contribution in [0, 0.1) is 0 Å². The third kappa shape index (κ3) is 4.00. The molecular weight excluding hydrogens is 298 g/mol. The highest BCUT2D eigenvalue weighted by atomic mass is 35.5. The number of ether oxygens (including phenoxy) is 1. The fourth-order valence-corrected chi connectivity index (χ4v) is 2.52. The lowest BCUT2D eigenvalue weighted by molar-refractivity contribution is 0.122. The highest BCUT2D eigenvalue weighted by Gasteiger charge is 2.10. The Kier molecular flexibility index (Phi) is 4.93. The van der Waals surface area contributed by atoms with Crippen molar-refractivity contribution in [3.63, 3.8) is 0 Å². The van der Waals surface area contributed by atoms with Crippen molar-refractivity contribution in [3.8, 4) is 0 Å². The third-order valence-electron chi connectivity index (χ3n) is 3.50. The number of benzene rings is 2. The molecule has 1 aliphatic rings. The van der Waals surface area contributed by atoms with E-state index in [1.54, 1.807) is 6.21 Å². The van der Waals surface area contributed by atoms with Gasteiger partial charge in [0.2, 0.25) is 0 Å². The standard InChI is InChI=1S/C17H18ClN3O/c18-15-2-1-3-16(12-15)20-19-13-14-4-6-17(7-5-14)21-8-10-22-11-9-21/h1-7,12-13,20H,8-11H2/b19-13-. The zero-order chi connectivity index (χ0) is 15.2. The summed E-state index contributed by atoms with van der Waals surface area (Å²) in [5.74, 6) is 0. The van der Waals surface area contributed by atoms with Crippen LogP contribution in [0.5, 0.6) is 0 Å². The molecule has 0 atom stereocenters. The summed E-state index contributed by atoms with van der Waals surface area (Å²) < 4.78 is 5.37. The first-order valence-corrected chi connectivity index (χ1v) is 7.66. The largest absolute Gasteiger partial charge is 0.378 e. The summed E-state index contributed by atoms with van der Waals surface area (Å²) in [6.07, 6.45) is 1.80. The monoisotopic (exact) mass is 315 g/mol. The van der Waals surface area contributed by atoms with E-state index < -0.39 is 0 Å². The predicted octanol–water partition coefficient (Wildman–Crippen LogP) is 3.62. The summed E-state index contributed by atoms with van der Waals surface area (Å²) in [5, 5.41) is 4.92. The Labute approximate surface area is 135 Å². The van der Waals surface area contributed by atoms with Crippen LogP contribution in [0.4, 0.5) is 11.4 Å². The fraction of sp³-hybridized carbons (Fsp3) is 0.235. The lowest BCUT2D eigenvalue weighted by Gasteiger charge is -2.28. The number of hydrogen-bond acceptors (Lipinski definition) is 4. The van der Waals surface area contributed by atoms with Crippen LogP contribution in [0.15, 0.2) is 53.6 Å². The van der Waals surface area contributed by atoms with E-state index in [4.69, 9.17) is 16.3 Å². The number of morpholine rings is 1. The number of halogens is 1. The topological polar surface area (TPSA) is 36.9 Å². The molecule has 1 heterocycles. The SMILES string of the molecule is Clc1cccc(N/N=C\c2ccc(N3CCOCC3)cc2)c1. The maximum absolute atomic E-state index is 5.93. The number of hydrazone groups is 1. The molecule has 22 heavy (non-hydrogen) atoms. The second kappa shape index (κ2) is 7.29. The number of rotatable bonds is 4. The summed E-state index contributed by atoms with van der Waals surface area (Å²) in [6, 6.07) is 15.8. The van der Waals surface area contributed by atoms with Crippen molar-refractivity contribution < 1.29 is 4.74 Å². The van der Waals surface area contributed by atoms with Crippen molar-refractivity contribution in [2.24, 2.45) is 5.10 Å². The van der Waals surface area contributed by atoms with Crippen LogP contribution in [-0.2, 0) is 4.74 Å². The van der Waals surface area contributed by atoms with Gasteiger partial charge in [-0.05, 0) is 35.9 Å². The van der Waals surface area contributed by atoms with Crippen LogP contribution < -0.4 is 10.3 Å². The van der Waals surface area contributed by atoms with E-state index >= 15 is 0 Å². The molecule has 1 N–H and O–H groups in total. The van der Waals surface area contributed by atoms with Crippen LogP contribution in [0.3, 0.4) is 0 Å². The van der Waals surface area contributed by atoms with E-state index in [2.05, 4.69) is 39.7 Å². The Balaban J connectivity index is 1.59. The molecule has 0 saturated carbocycles. The predicted molar refractivity (Wildman–Crippen MR) is 92.1 cm³/mol. The van der Waals surface area contributed by atoms with Crippen LogP contribution in [0.25, 0.3) is 0 Å². The maximum atomic E-state index is 5.93. The average molecular weight is 316 g/mol. The van der Waals surface area contributed by atoms with Crippen molar-refractivity contribution in [1.29, 1.82) is 0 Å².